The average molecular weight is 637 g/mol. The Morgan fingerprint density at radius 2 is 1.32 bits per heavy atom. The number of halogens is 2. The third-order valence-electron chi connectivity index (χ3n) is 5.13. The summed E-state index contributed by atoms with van der Waals surface area (Å²) in [6, 6.07) is 8.98. The first-order chi connectivity index (χ1) is 11.6. The molecular weight excluding hydrogens is 609 g/mol. The average Bonchev–Trinajstić information content (AvgIpc) is 2.99. The minimum atomic E-state index is 0.170. The zero-order valence-corrected chi connectivity index (χ0v) is 23.3. The van der Waals surface area contributed by atoms with E-state index >= 15 is 0 Å². The van der Waals surface area contributed by atoms with Crippen LogP contribution in [0.4, 0.5) is 0 Å². The number of hydrogen-bond acceptors (Lipinski definition) is 0. The SMILES string of the molecule is Cc1c(C)c(C)[c-](C)c1C.Cc1cc(C)c2cc(C)[cH-]c2c1.[I][Zr+2][I]. The molecule has 0 aliphatic heterocycles. The fourth-order valence-corrected chi connectivity index (χ4v) is 3.25. The van der Waals surface area contributed by atoms with Gasteiger partial charge in [0, 0.05) is 0 Å². The van der Waals surface area contributed by atoms with Gasteiger partial charge < -0.3 is 0 Å². The van der Waals surface area contributed by atoms with E-state index in [1.165, 1.54) is 55.3 Å². The molecule has 0 bridgehead atoms. The first-order valence-corrected chi connectivity index (χ1v) is 23.1. The standard InChI is InChI=1S/C12H13.C10H15.2HI.Zr/c1-8-4-10(3)12-7-9(2)6-11(12)5-8;1-6-7(2)9(4)10(5)8(6)3;;;/h4-7H,1-3H3;1-5H3;2*1H;/q2*-1;;;+4/p-2. The van der Waals surface area contributed by atoms with E-state index in [1.807, 2.05) is 0 Å². The molecule has 0 heterocycles. The Morgan fingerprint density at radius 1 is 0.840 bits per heavy atom. The number of rotatable bonds is 0. The Bertz CT molecular complexity index is 757. The second-order valence-electron chi connectivity index (χ2n) is 6.81. The number of aryl methyl sites for hydroxylation is 3. The van der Waals surface area contributed by atoms with Crippen LogP contribution >= 0.6 is 36.1 Å². The van der Waals surface area contributed by atoms with Crippen molar-refractivity contribution in [3.05, 3.63) is 68.8 Å². The van der Waals surface area contributed by atoms with Crippen molar-refractivity contribution in [2.75, 3.05) is 0 Å². The predicted molar refractivity (Wildman–Crippen MR) is 128 cm³/mol. The van der Waals surface area contributed by atoms with Crippen molar-refractivity contribution in [1.82, 2.24) is 0 Å². The molecule has 0 atom stereocenters. The number of fused-ring (bicyclic) bond motifs is 1. The molecule has 0 amide bonds. The molecule has 0 nitrogen and oxygen atoms in total. The van der Waals surface area contributed by atoms with Crippen LogP contribution in [0, 0.1) is 55.4 Å². The molecule has 0 saturated carbocycles. The van der Waals surface area contributed by atoms with Gasteiger partial charge in [0.1, 0.15) is 0 Å². The van der Waals surface area contributed by atoms with Gasteiger partial charge in [0.2, 0.25) is 0 Å². The number of benzene rings is 1. The summed E-state index contributed by atoms with van der Waals surface area (Å²) in [5.41, 5.74) is 11.4. The van der Waals surface area contributed by atoms with Crippen LogP contribution < -0.4 is 0 Å². The molecule has 0 aliphatic rings. The van der Waals surface area contributed by atoms with Gasteiger partial charge in [0.05, 0.1) is 0 Å². The van der Waals surface area contributed by atoms with Crippen LogP contribution in [-0.4, -0.2) is 0 Å². The van der Waals surface area contributed by atoms with Crippen molar-refractivity contribution in [3.8, 4) is 0 Å². The Kier molecular flexibility index (Phi) is 10.1. The van der Waals surface area contributed by atoms with Gasteiger partial charge in [-0.05, 0) is 13.8 Å². The Morgan fingerprint density at radius 3 is 1.72 bits per heavy atom. The van der Waals surface area contributed by atoms with Crippen LogP contribution in [-0.2, 0) is 14.9 Å². The second kappa shape index (κ2) is 10.8. The van der Waals surface area contributed by atoms with Gasteiger partial charge in [0.15, 0.2) is 0 Å². The summed E-state index contributed by atoms with van der Waals surface area (Å²) in [5.74, 6) is 0. The van der Waals surface area contributed by atoms with Gasteiger partial charge in [-0.1, -0.05) is 58.7 Å². The second-order valence-corrected chi connectivity index (χ2v) is 25.8. The molecule has 0 N–H and O–H groups in total. The molecule has 0 fully saturated rings. The van der Waals surface area contributed by atoms with Crippen LogP contribution in [0.1, 0.15) is 44.5 Å². The van der Waals surface area contributed by atoms with E-state index in [1.54, 1.807) is 0 Å². The van der Waals surface area contributed by atoms with Crippen molar-refractivity contribution in [2.45, 2.75) is 55.4 Å². The minimum absolute atomic E-state index is 0.170. The third kappa shape index (κ3) is 6.28. The topological polar surface area (TPSA) is 0 Å². The van der Waals surface area contributed by atoms with Crippen molar-refractivity contribution in [3.63, 3.8) is 0 Å². The monoisotopic (exact) mass is 636 g/mol. The molecule has 0 radical (unpaired) electrons. The molecule has 3 heteroatoms. The predicted octanol–water partition coefficient (Wildman–Crippen LogP) is 8.20. The molecule has 3 aromatic carbocycles. The van der Waals surface area contributed by atoms with E-state index < -0.39 is 0 Å². The first kappa shape index (κ1) is 23.6. The summed E-state index contributed by atoms with van der Waals surface area (Å²) in [4.78, 5) is 0. The molecule has 0 aromatic heterocycles. The molecule has 0 saturated heterocycles. The fraction of sp³-hybridized carbons (Fsp3) is 0.364. The Labute approximate surface area is 183 Å². The molecule has 134 valence electrons. The van der Waals surface area contributed by atoms with Crippen LogP contribution in [0.3, 0.4) is 0 Å². The zero-order valence-electron chi connectivity index (χ0n) is 16.6. The first-order valence-electron chi connectivity index (χ1n) is 8.44. The summed E-state index contributed by atoms with van der Waals surface area (Å²) in [7, 11) is 0. The molecule has 3 rings (SSSR count). The van der Waals surface area contributed by atoms with Gasteiger partial charge in [-0.15, -0.1) is 28.5 Å². The van der Waals surface area contributed by atoms with Crippen LogP contribution in [0.25, 0.3) is 10.8 Å². The van der Waals surface area contributed by atoms with Gasteiger partial charge in [-0.2, -0.15) is 33.9 Å². The third-order valence-corrected chi connectivity index (χ3v) is 5.13. The molecule has 0 aliphatic carbocycles. The van der Waals surface area contributed by atoms with E-state index in [4.69, 9.17) is 0 Å². The summed E-state index contributed by atoms with van der Waals surface area (Å²) in [6.45, 7) is 17.5. The van der Waals surface area contributed by atoms with E-state index in [2.05, 4.69) is 116 Å². The molecule has 25 heavy (non-hydrogen) atoms. The van der Waals surface area contributed by atoms with Gasteiger partial charge in [-0.25, -0.2) is 0 Å². The van der Waals surface area contributed by atoms with Crippen molar-refractivity contribution >= 4 is 46.9 Å². The van der Waals surface area contributed by atoms with E-state index in [-0.39, 0.29) is 14.9 Å². The maximum absolute atomic E-state index is 2.45. The Hall–Kier alpha value is 0.523. The zero-order chi connectivity index (χ0) is 19.3. The normalized spacial score (nSPS) is 9.84. The van der Waals surface area contributed by atoms with E-state index in [0.717, 1.165) is 0 Å². The number of hydrogen-bond donors (Lipinski definition) is 0. The Balaban J connectivity index is 0.000000220. The van der Waals surface area contributed by atoms with Crippen LogP contribution in [0.5, 0.6) is 0 Å². The van der Waals surface area contributed by atoms with Crippen LogP contribution in [0.2, 0.25) is 0 Å². The quantitative estimate of drug-likeness (QED) is 0.172. The molecule has 0 unspecified atom stereocenters. The summed E-state index contributed by atoms with van der Waals surface area (Å²) in [6.07, 6.45) is 0. The van der Waals surface area contributed by atoms with Crippen molar-refractivity contribution in [1.29, 1.82) is 0 Å². The van der Waals surface area contributed by atoms with Crippen molar-refractivity contribution in [2.24, 2.45) is 0 Å². The van der Waals surface area contributed by atoms with E-state index in [9.17, 15) is 0 Å². The molecule has 0 spiro atoms. The fourth-order valence-electron chi connectivity index (χ4n) is 3.25. The summed E-state index contributed by atoms with van der Waals surface area (Å²) in [5, 5.41) is 2.78. The van der Waals surface area contributed by atoms with Crippen LogP contribution in [0.15, 0.2) is 24.3 Å². The summed E-state index contributed by atoms with van der Waals surface area (Å²) >= 11 is 5.06. The van der Waals surface area contributed by atoms with Gasteiger partial charge >= 0.3 is 50.9 Å². The maximum atomic E-state index is 2.45. The van der Waals surface area contributed by atoms with E-state index in [0.29, 0.717) is 0 Å². The molecular formula is C22H28I2Zr. The molecule has 3 aromatic rings. The van der Waals surface area contributed by atoms with Gasteiger partial charge in [0.25, 0.3) is 0 Å². The van der Waals surface area contributed by atoms with Gasteiger partial charge in [-0.3, -0.25) is 0 Å². The van der Waals surface area contributed by atoms with Crippen molar-refractivity contribution < 1.29 is 14.9 Å². The summed E-state index contributed by atoms with van der Waals surface area (Å²) < 4.78 is 0.